The third-order valence-electron chi connectivity index (χ3n) is 2.32. The molecule has 130 valence electrons. The highest BCUT2D eigenvalue weighted by atomic mass is 32.5. The van der Waals surface area contributed by atoms with Gasteiger partial charge in [0.1, 0.15) is 0 Å². The zero-order valence-corrected chi connectivity index (χ0v) is 16.7. The second-order valence-corrected chi connectivity index (χ2v) is 9.78. The maximum absolute atomic E-state index is 12.6. The van der Waals surface area contributed by atoms with Crippen LogP contribution in [0.4, 0.5) is 4.79 Å². The van der Waals surface area contributed by atoms with Crippen LogP contribution in [0.1, 0.15) is 27.2 Å². The van der Waals surface area contributed by atoms with Crippen LogP contribution < -0.4 is 0 Å². The van der Waals surface area contributed by atoms with E-state index in [1.165, 1.54) is 25.3 Å². The standard InChI is InChI=1S/C10H22N3O5PS3/c1-7-9(20)11-18-10(14)12(4)22(15)13(8(2)3)19(21,16-5)17-6/h8H,7H2,1-6H3,(H,11,20)/p-1. The Morgan fingerprint density at radius 1 is 1.41 bits per heavy atom. The molecule has 0 saturated heterocycles. The van der Waals surface area contributed by atoms with Gasteiger partial charge in [-0.1, -0.05) is 12.0 Å². The number of hydrogen-bond donors (Lipinski definition) is 0. The third-order valence-corrected chi connectivity index (χ3v) is 8.71. The topological polar surface area (TPSA) is 80.7 Å². The van der Waals surface area contributed by atoms with Gasteiger partial charge in [0, 0.05) is 27.3 Å². The van der Waals surface area contributed by atoms with Crippen LogP contribution in [0.5, 0.6) is 0 Å². The van der Waals surface area contributed by atoms with Crippen molar-refractivity contribution in [2.24, 2.45) is 5.16 Å². The second kappa shape index (κ2) is 9.86. The molecule has 0 rings (SSSR count). The van der Waals surface area contributed by atoms with Crippen molar-refractivity contribution < 1.29 is 22.9 Å². The van der Waals surface area contributed by atoms with Gasteiger partial charge >= 0.3 is 6.09 Å². The summed E-state index contributed by atoms with van der Waals surface area (Å²) in [6.07, 6.45) is -0.463. The van der Waals surface area contributed by atoms with Crippen LogP contribution in [0, 0.1) is 0 Å². The molecule has 0 aromatic heterocycles. The van der Waals surface area contributed by atoms with E-state index in [0.717, 1.165) is 4.31 Å². The van der Waals surface area contributed by atoms with Gasteiger partial charge in [0.25, 0.3) is 6.64 Å². The Morgan fingerprint density at radius 3 is 2.27 bits per heavy atom. The fourth-order valence-corrected chi connectivity index (χ4v) is 5.52. The molecular weight excluding hydrogens is 369 g/mol. The van der Waals surface area contributed by atoms with Crippen molar-refractivity contribution in [2.75, 3.05) is 21.3 Å². The Bertz CT molecular complexity index is 480. The number of carbonyl (C=O) groups excluding carboxylic acids is 1. The molecular formula is C10H21N3O5PS3-. The lowest BCUT2D eigenvalue weighted by Crippen LogP contribution is -2.41. The van der Waals surface area contributed by atoms with E-state index in [9.17, 15) is 9.00 Å². The van der Waals surface area contributed by atoms with E-state index in [-0.39, 0.29) is 11.1 Å². The van der Waals surface area contributed by atoms with Crippen LogP contribution in [0.15, 0.2) is 5.16 Å². The molecule has 0 N–H and O–H groups in total. The van der Waals surface area contributed by atoms with E-state index in [0.29, 0.717) is 6.42 Å². The van der Waals surface area contributed by atoms with Crippen molar-refractivity contribution in [3.63, 3.8) is 0 Å². The van der Waals surface area contributed by atoms with Gasteiger partial charge in [-0.15, -0.1) is 9.23 Å². The number of carbonyl (C=O) groups is 1. The fraction of sp³-hybridized carbons (Fsp3) is 0.800. The summed E-state index contributed by atoms with van der Waals surface area (Å²) in [7, 11) is 4.03. The molecule has 0 aliphatic carbocycles. The predicted octanol–water partition coefficient (Wildman–Crippen LogP) is 2.13. The first-order chi connectivity index (χ1) is 10.1. The maximum Gasteiger partial charge on any atom is 0.448 e. The van der Waals surface area contributed by atoms with E-state index in [4.69, 9.17) is 33.5 Å². The lowest BCUT2D eigenvalue weighted by atomic mass is 10.4. The van der Waals surface area contributed by atoms with Gasteiger partial charge in [0.2, 0.25) is 11.2 Å². The quantitative estimate of drug-likeness (QED) is 0.157. The van der Waals surface area contributed by atoms with Gasteiger partial charge in [-0.2, -0.15) is 0 Å². The largest absolute Gasteiger partial charge is 0.761 e. The Kier molecular flexibility index (Phi) is 9.79. The smallest absolute Gasteiger partial charge is 0.448 e. The van der Waals surface area contributed by atoms with E-state index in [1.54, 1.807) is 20.8 Å². The SMILES string of the molecule is CC/C([S-])=N/OC(=O)N(C)S(=O)N(C(C)C)P(=S)(OC)OC. The number of oxime groups is 1. The van der Waals surface area contributed by atoms with E-state index in [2.05, 4.69) is 9.99 Å². The minimum Gasteiger partial charge on any atom is -0.761 e. The highest BCUT2D eigenvalue weighted by molar-refractivity contribution is 8.12. The summed E-state index contributed by atoms with van der Waals surface area (Å²) in [6, 6.07) is -0.296. The van der Waals surface area contributed by atoms with Gasteiger partial charge in [0.15, 0.2) is 0 Å². The Labute approximate surface area is 144 Å². The molecule has 0 aliphatic heterocycles. The summed E-state index contributed by atoms with van der Waals surface area (Å²) in [5, 5.41) is 3.69. The van der Waals surface area contributed by atoms with Crippen LogP contribution in [0.25, 0.3) is 0 Å². The molecule has 12 heteroatoms. The first kappa shape index (κ1) is 21.8. The second-order valence-electron chi connectivity index (χ2n) is 4.15. The van der Waals surface area contributed by atoms with Crippen molar-refractivity contribution in [3.8, 4) is 0 Å². The van der Waals surface area contributed by atoms with Crippen LogP contribution in [-0.4, -0.2) is 51.0 Å². The van der Waals surface area contributed by atoms with Gasteiger partial charge < -0.3 is 21.7 Å². The Hall–Kier alpha value is -0.160. The molecule has 0 bridgehead atoms. The molecule has 8 nitrogen and oxygen atoms in total. The molecule has 1 atom stereocenters. The summed E-state index contributed by atoms with van der Waals surface area (Å²) in [6.45, 7) is 2.31. The van der Waals surface area contributed by atoms with Crippen molar-refractivity contribution in [1.82, 2.24) is 8.38 Å². The fourth-order valence-electron chi connectivity index (χ4n) is 1.19. The summed E-state index contributed by atoms with van der Waals surface area (Å²) in [5.74, 6) is 0. The van der Waals surface area contributed by atoms with Crippen LogP contribution in [-0.2, 0) is 49.5 Å². The first-order valence-corrected chi connectivity index (χ1v) is 10.3. The maximum atomic E-state index is 12.6. The molecule has 0 aliphatic rings. The molecule has 0 fully saturated rings. The zero-order valence-electron chi connectivity index (χ0n) is 13.3. The van der Waals surface area contributed by atoms with E-state index < -0.39 is 23.9 Å². The van der Waals surface area contributed by atoms with Crippen molar-refractivity contribution >= 4 is 53.4 Å². The minimum atomic E-state index is -2.98. The average Bonchev–Trinajstić information content (AvgIpc) is 2.50. The van der Waals surface area contributed by atoms with Gasteiger partial charge in [-0.25, -0.2) is 13.3 Å². The first-order valence-electron chi connectivity index (χ1n) is 6.26. The average molecular weight is 390 g/mol. The molecule has 22 heavy (non-hydrogen) atoms. The third kappa shape index (κ3) is 5.80. The van der Waals surface area contributed by atoms with Crippen LogP contribution in [0.2, 0.25) is 0 Å². The highest BCUT2D eigenvalue weighted by Gasteiger charge is 2.37. The van der Waals surface area contributed by atoms with Gasteiger partial charge in [-0.3, -0.25) is 4.84 Å². The van der Waals surface area contributed by atoms with Crippen LogP contribution in [0.3, 0.4) is 0 Å². The van der Waals surface area contributed by atoms with Crippen molar-refractivity contribution in [1.29, 1.82) is 0 Å². The van der Waals surface area contributed by atoms with Crippen LogP contribution >= 0.6 is 6.64 Å². The molecule has 0 aromatic rings. The lowest BCUT2D eigenvalue weighted by molar-refractivity contribution is 0.135. The normalized spacial score (nSPS) is 14.3. The molecule has 0 saturated carbocycles. The number of hydrogen-bond acceptors (Lipinski definition) is 8. The number of amides is 1. The number of rotatable bonds is 8. The minimum absolute atomic E-state index is 0.229. The van der Waals surface area contributed by atoms with Crippen molar-refractivity contribution in [3.05, 3.63) is 0 Å². The van der Waals surface area contributed by atoms with Gasteiger partial charge in [-0.05, 0) is 32.1 Å². The van der Waals surface area contributed by atoms with Crippen molar-refractivity contribution in [2.45, 2.75) is 33.2 Å². The molecule has 1 amide bonds. The Morgan fingerprint density at radius 2 is 1.91 bits per heavy atom. The molecule has 0 heterocycles. The highest BCUT2D eigenvalue weighted by Crippen LogP contribution is 2.53. The molecule has 0 aromatic carbocycles. The number of nitrogens with zero attached hydrogens (tertiary/aromatic N) is 3. The zero-order chi connectivity index (χ0) is 17.5. The molecule has 0 spiro atoms. The monoisotopic (exact) mass is 390 g/mol. The summed E-state index contributed by atoms with van der Waals surface area (Å²) >= 11 is 8.14. The Balaban J connectivity index is 5.25. The van der Waals surface area contributed by atoms with E-state index >= 15 is 0 Å². The van der Waals surface area contributed by atoms with E-state index in [1.807, 2.05) is 0 Å². The molecule has 0 radical (unpaired) electrons. The summed E-state index contributed by atoms with van der Waals surface area (Å²) in [4.78, 5) is 16.5. The lowest BCUT2D eigenvalue weighted by Gasteiger charge is -2.34. The molecule has 1 unspecified atom stereocenters. The summed E-state index contributed by atoms with van der Waals surface area (Å²) < 4.78 is 25.1. The predicted molar refractivity (Wildman–Crippen MR) is 92.8 cm³/mol. The van der Waals surface area contributed by atoms with Gasteiger partial charge in [0.05, 0.1) is 0 Å². The summed E-state index contributed by atoms with van der Waals surface area (Å²) in [5.41, 5.74) is 0.